The van der Waals surface area contributed by atoms with E-state index < -0.39 is 0 Å². The van der Waals surface area contributed by atoms with E-state index in [2.05, 4.69) is 10.4 Å². The van der Waals surface area contributed by atoms with E-state index in [-0.39, 0.29) is 5.91 Å². The fraction of sp³-hybridized carbons (Fsp3) is 0.158. The normalized spacial score (nSPS) is 10.5. The van der Waals surface area contributed by atoms with Crippen LogP contribution in [0.2, 0.25) is 0 Å². The molecule has 0 unspecified atom stereocenters. The van der Waals surface area contributed by atoms with Gasteiger partial charge >= 0.3 is 0 Å². The molecule has 3 rings (SSSR count). The summed E-state index contributed by atoms with van der Waals surface area (Å²) < 4.78 is 1.72. The molecule has 1 N–H and O–H groups in total. The number of carbonyl (C=O) groups excluding carboxylic acids is 1. The van der Waals surface area contributed by atoms with Gasteiger partial charge in [0.25, 0.3) is 5.91 Å². The molecule has 5 heteroatoms. The summed E-state index contributed by atoms with van der Waals surface area (Å²) in [4.78, 5) is 14.4. The first-order valence-electron chi connectivity index (χ1n) is 7.73. The van der Waals surface area contributed by atoms with Crippen LogP contribution < -0.4 is 10.2 Å². The van der Waals surface area contributed by atoms with Crippen LogP contribution in [-0.4, -0.2) is 29.8 Å². The van der Waals surface area contributed by atoms with Crippen molar-refractivity contribution in [3.8, 4) is 11.3 Å². The summed E-state index contributed by atoms with van der Waals surface area (Å²) in [5.74, 6) is -0.217. The van der Waals surface area contributed by atoms with E-state index in [1.54, 1.807) is 10.7 Å². The van der Waals surface area contributed by atoms with Crippen LogP contribution in [0.3, 0.4) is 0 Å². The van der Waals surface area contributed by atoms with E-state index in [1.165, 1.54) is 0 Å². The Bertz CT molecular complexity index is 836. The van der Waals surface area contributed by atoms with Crippen molar-refractivity contribution in [3.63, 3.8) is 0 Å². The molecule has 24 heavy (non-hydrogen) atoms. The van der Waals surface area contributed by atoms with Crippen LogP contribution in [0.5, 0.6) is 0 Å². The standard InChI is InChI=1S/C19H20N4O/c1-22(2)16-11-9-15(10-12-16)20-19(24)17-13-18(23(3)21-17)14-7-5-4-6-8-14/h4-13H,1-3H3,(H,20,24). The van der Waals surface area contributed by atoms with E-state index in [4.69, 9.17) is 0 Å². The molecule has 3 aromatic rings. The van der Waals surface area contributed by atoms with Gasteiger partial charge in [0.1, 0.15) is 0 Å². The Balaban J connectivity index is 1.78. The molecule has 122 valence electrons. The SMILES string of the molecule is CN(C)c1ccc(NC(=O)c2cc(-c3ccccc3)n(C)n2)cc1. The van der Waals surface area contributed by atoms with Gasteiger partial charge < -0.3 is 10.2 Å². The molecule has 0 fully saturated rings. The van der Waals surface area contributed by atoms with E-state index in [0.717, 1.165) is 22.6 Å². The lowest BCUT2D eigenvalue weighted by atomic mass is 10.1. The van der Waals surface area contributed by atoms with Crippen LogP contribution >= 0.6 is 0 Å². The summed E-state index contributed by atoms with van der Waals surface area (Å²) in [6.07, 6.45) is 0. The predicted octanol–water partition coefficient (Wildman–Crippen LogP) is 3.41. The molecule has 0 aliphatic heterocycles. The highest BCUT2D eigenvalue weighted by Crippen LogP contribution is 2.20. The van der Waals surface area contributed by atoms with Crippen molar-refractivity contribution in [2.75, 3.05) is 24.3 Å². The highest BCUT2D eigenvalue weighted by Gasteiger charge is 2.14. The Kier molecular flexibility index (Phi) is 4.33. The number of hydrogen-bond donors (Lipinski definition) is 1. The second-order valence-electron chi connectivity index (χ2n) is 5.80. The number of nitrogens with one attached hydrogen (secondary N) is 1. The Hall–Kier alpha value is -3.08. The fourth-order valence-corrected chi connectivity index (χ4v) is 2.50. The molecule has 1 heterocycles. The molecule has 1 amide bonds. The molecule has 0 spiro atoms. The first-order valence-corrected chi connectivity index (χ1v) is 7.73. The van der Waals surface area contributed by atoms with Gasteiger partial charge in [-0.15, -0.1) is 0 Å². The molecule has 0 aliphatic carbocycles. The third kappa shape index (κ3) is 3.30. The number of nitrogens with zero attached hydrogens (tertiary/aromatic N) is 3. The third-order valence-corrected chi connectivity index (χ3v) is 3.82. The maximum atomic E-state index is 12.4. The quantitative estimate of drug-likeness (QED) is 0.801. The van der Waals surface area contributed by atoms with Gasteiger partial charge in [-0.1, -0.05) is 30.3 Å². The highest BCUT2D eigenvalue weighted by atomic mass is 16.1. The summed E-state index contributed by atoms with van der Waals surface area (Å²) >= 11 is 0. The molecule has 2 aromatic carbocycles. The topological polar surface area (TPSA) is 50.2 Å². The Morgan fingerprint density at radius 2 is 1.71 bits per heavy atom. The predicted molar refractivity (Wildman–Crippen MR) is 97.4 cm³/mol. The van der Waals surface area contributed by atoms with Crippen LogP contribution in [-0.2, 0) is 7.05 Å². The minimum absolute atomic E-state index is 0.217. The van der Waals surface area contributed by atoms with Crippen molar-refractivity contribution < 1.29 is 4.79 Å². The van der Waals surface area contributed by atoms with Crippen molar-refractivity contribution in [3.05, 3.63) is 66.4 Å². The van der Waals surface area contributed by atoms with Gasteiger partial charge in [0, 0.05) is 32.5 Å². The second-order valence-corrected chi connectivity index (χ2v) is 5.80. The lowest BCUT2D eigenvalue weighted by molar-refractivity contribution is 0.102. The van der Waals surface area contributed by atoms with Gasteiger partial charge in [0.15, 0.2) is 5.69 Å². The zero-order chi connectivity index (χ0) is 17.1. The number of amides is 1. The van der Waals surface area contributed by atoms with Gasteiger partial charge in [-0.05, 0) is 35.9 Å². The van der Waals surface area contributed by atoms with Crippen LogP contribution in [0.15, 0.2) is 60.7 Å². The first-order chi connectivity index (χ1) is 11.5. The van der Waals surface area contributed by atoms with Crippen LogP contribution in [0.4, 0.5) is 11.4 Å². The number of aromatic nitrogens is 2. The van der Waals surface area contributed by atoms with Gasteiger partial charge in [-0.25, -0.2) is 0 Å². The summed E-state index contributed by atoms with van der Waals surface area (Å²) in [6, 6.07) is 19.4. The molecular formula is C19H20N4O. The maximum Gasteiger partial charge on any atom is 0.276 e. The number of carbonyl (C=O) groups is 1. The second kappa shape index (κ2) is 6.58. The number of rotatable bonds is 4. The van der Waals surface area contributed by atoms with Crippen molar-refractivity contribution in [1.82, 2.24) is 9.78 Å². The lowest BCUT2D eigenvalue weighted by Gasteiger charge is -2.12. The Morgan fingerprint density at radius 3 is 2.33 bits per heavy atom. The van der Waals surface area contributed by atoms with Crippen LogP contribution in [0, 0.1) is 0 Å². The van der Waals surface area contributed by atoms with Crippen molar-refractivity contribution >= 4 is 17.3 Å². The molecule has 1 aromatic heterocycles. The van der Waals surface area contributed by atoms with Gasteiger partial charge in [0.05, 0.1) is 5.69 Å². The zero-order valence-electron chi connectivity index (χ0n) is 14.0. The first kappa shape index (κ1) is 15.8. The van der Waals surface area contributed by atoms with E-state index >= 15 is 0 Å². The Morgan fingerprint density at radius 1 is 1.04 bits per heavy atom. The van der Waals surface area contributed by atoms with Gasteiger partial charge in [0.2, 0.25) is 0 Å². The smallest absolute Gasteiger partial charge is 0.276 e. The molecular weight excluding hydrogens is 300 g/mol. The van der Waals surface area contributed by atoms with E-state index in [9.17, 15) is 4.79 Å². The van der Waals surface area contributed by atoms with E-state index in [0.29, 0.717) is 5.69 Å². The Labute approximate surface area is 141 Å². The molecule has 0 bridgehead atoms. The summed E-state index contributed by atoms with van der Waals surface area (Å²) in [6.45, 7) is 0. The van der Waals surface area contributed by atoms with Crippen LogP contribution in [0.1, 0.15) is 10.5 Å². The largest absolute Gasteiger partial charge is 0.378 e. The molecule has 0 atom stereocenters. The van der Waals surface area contributed by atoms with E-state index in [1.807, 2.05) is 80.6 Å². The number of benzene rings is 2. The minimum atomic E-state index is -0.217. The number of aryl methyl sites for hydroxylation is 1. The van der Waals surface area contributed by atoms with Crippen molar-refractivity contribution in [2.24, 2.45) is 7.05 Å². The molecule has 5 nitrogen and oxygen atoms in total. The van der Waals surface area contributed by atoms with Crippen molar-refractivity contribution in [2.45, 2.75) is 0 Å². The monoisotopic (exact) mass is 320 g/mol. The summed E-state index contributed by atoms with van der Waals surface area (Å²) in [5, 5.41) is 7.21. The highest BCUT2D eigenvalue weighted by molar-refractivity contribution is 6.03. The molecule has 0 saturated carbocycles. The minimum Gasteiger partial charge on any atom is -0.378 e. The van der Waals surface area contributed by atoms with Crippen molar-refractivity contribution in [1.29, 1.82) is 0 Å². The summed E-state index contributed by atoms with van der Waals surface area (Å²) in [7, 11) is 5.80. The maximum absolute atomic E-state index is 12.4. The zero-order valence-corrected chi connectivity index (χ0v) is 14.0. The molecule has 0 saturated heterocycles. The average molecular weight is 320 g/mol. The van der Waals surface area contributed by atoms with Gasteiger partial charge in [-0.2, -0.15) is 5.10 Å². The lowest BCUT2D eigenvalue weighted by Crippen LogP contribution is -2.13. The fourth-order valence-electron chi connectivity index (χ4n) is 2.50. The molecule has 0 radical (unpaired) electrons. The molecule has 0 aliphatic rings. The number of anilines is 2. The van der Waals surface area contributed by atoms with Crippen LogP contribution in [0.25, 0.3) is 11.3 Å². The third-order valence-electron chi connectivity index (χ3n) is 3.82. The number of hydrogen-bond acceptors (Lipinski definition) is 3. The summed E-state index contributed by atoms with van der Waals surface area (Å²) in [5.41, 5.74) is 4.16. The van der Waals surface area contributed by atoms with Gasteiger partial charge in [-0.3, -0.25) is 9.48 Å². The average Bonchev–Trinajstić information content (AvgIpc) is 2.98.